The van der Waals surface area contributed by atoms with Gasteiger partial charge in [-0.05, 0) is 25.5 Å². The second-order valence-electron chi connectivity index (χ2n) is 7.88. The van der Waals surface area contributed by atoms with Crippen molar-refractivity contribution in [3.8, 4) is 11.5 Å². The molecule has 0 aromatic heterocycles. The highest BCUT2D eigenvalue weighted by Crippen LogP contribution is 2.40. The first-order valence-electron chi connectivity index (χ1n) is 8.54. The summed E-state index contributed by atoms with van der Waals surface area (Å²) in [5.41, 5.74) is 0.582. The molecular weight excluding hydrogens is 292 g/mol. The molecule has 3 N–H and O–H groups in total. The second kappa shape index (κ2) is 4.71. The highest BCUT2D eigenvalue weighted by Gasteiger charge is 2.69. The molecule has 4 saturated heterocycles. The van der Waals surface area contributed by atoms with E-state index >= 15 is 0 Å². The number of Topliss-reactive ketones (excluding diaryl/α,β-unsaturated/α-hetero) is 1. The fourth-order valence-electron chi connectivity index (χ4n) is 5.57. The molecule has 2 unspecified atom stereocenters. The Bertz CT molecular complexity index is 656. The molecule has 124 valence electrons. The van der Waals surface area contributed by atoms with Gasteiger partial charge in [-0.2, -0.15) is 0 Å². The van der Waals surface area contributed by atoms with Crippen molar-refractivity contribution in [1.82, 2.24) is 0 Å². The van der Waals surface area contributed by atoms with Crippen molar-refractivity contribution in [3.63, 3.8) is 0 Å². The summed E-state index contributed by atoms with van der Waals surface area (Å²) in [5.74, 6) is 1.27. The van der Waals surface area contributed by atoms with Crippen molar-refractivity contribution in [2.75, 3.05) is 33.3 Å². The Hall–Kier alpha value is -1.59. The monoisotopic (exact) mass is 318 g/mol. The van der Waals surface area contributed by atoms with Crippen molar-refractivity contribution < 1.29 is 24.4 Å². The SMILES string of the molecule is CCC12C[NH+]3CC(C)(C[NH+](C1)C3c1cccc(OC)c1O)C2=O. The van der Waals surface area contributed by atoms with Gasteiger partial charge in [0.25, 0.3) is 0 Å². The first-order valence-corrected chi connectivity index (χ1v) is 8.54. The lowest BCUT2D eigenvalue weighted by Gasteiger charge is -2.59. The molecular formula is C18H26N2O3+2. The van der Waals surface area contributed by atoms with Crippen molar-refractivity contribution >= 4 is 5.78 Å². The third-order valence-corrected chi connectivity index (χ3v) is 6.45. The van der Waals surface area contributed by atoms with E-state index in [9.17, 15) is 9.90 Å². The predicted molar refractivity (Wildman–Crippen MR) is 84.6 cm³/mol. The van der Waals surface area contributed by atoms with Gasteiger partial charge in [0.15, 0.2) is 17.3 Å². The van der Waals surface area contributed by atoms with E-state index < -0.39 is 0 Å². The lowest BCUT2D eigenvalue weighted by atomic mass is 9.60. The normalized spacial score (nSPS) is 41.3. The van der Waals surface area contributed by atoms with Crippen LogP contribution in [0.5, 0.6) is 11.5 Å². The van der Waals surface area contributed by atoms with Crippen LogP contribution >= 0.6 is 0 Å². The molecule has 23 heavy (non-hydrogen) atoms. The number of phenolic OH excluding ortho intramolecular Hbond substituents is 1. The molecule has 0 aliphatic carbocycles. The number of aromatic hydroxyl groups is 1. The average Bonchev–Trinajstić information content (AvgIpc) is 2.52. The lowest BCUT2D eigenvalue weighted by Crippen LogP contribution is -3.41. The lowest BCUT2D eigenvalue weighted by molar-refractivity contribution is -1.18. The number of piperidine rings is 2. The molecule has 5 nitrogen and oxygen atoms in total. The van der Waals surface area contributed by atoms with E-state index in [1.54, 1.807) is 13.2 Å². The van der Waals surface area contributed by atoms with Gasteiger partial charge in [0.05, 0.1) is 7.11 Å². The number of benzene rings is 1. The molecule has 1 aromatic carbocycles. The van der Waals surface area contributed by atoms with Crippen LogP contribution in [0.25, 0.3) is 0 Å². The summed E-state index contributed by atoms with van der Waals surface area (Å²) in [5, 5.41) is 10.6. The molecule has 5 rings (SSSR count). The molecule has 0 amide bonds. The van der Waals surface area contributed by atoms with E-state index in [0.717, 1.165) is 38.2 Å². The first kappa shape index (κ1) is 15.0. The number of methoxy groups -OCH3 is 1. The quantitative estimate of drug-likeness (QED) is 0.683. The number of rotatable bonds is 3. The number of para-hydroxylation sites is 1. The van der Waals surface area contributed by atoms with E-state index in [1.165, 1.54) is 9.80 Å². The van der Waals surface area contributed by atoms with E-state index in [0.29, 0.717) is 11.5 Å². The van der Waals surface area contributed by atoms with Crippen LogP contribution in [0.2, 0.25) is 0 Å². The van der Waals surface area contributed by atoms with Crippen LogP contribution in [-0.2, 0) is 4.79 Å². The molecule has 4 aliphatic heterocycles. The highest BCUT2D eigenvalue weighted by atomic mass is 16.5. The molecule has 0 saturated carbocycles. The maximum absolute atomic E-state index is 13.0. The van der Waals surface area contributed by atoms with Crippen LogP contribution in [0.3, 0.4) is 0 Å². The zero-order chi connectivity index (χ0) is 16.4. The van der Waals surface area contributed by atoms with Crippen molar-refractivity contribution in [2.24, 2.45) is 10.8 Å². The molecule has 2 atom stereocenters. The Kier molecular flexibility index (Phi) is 3.06. The van der Waals surface area contributed by atoms with Crippen LogP contribution in [0.15, 0.2) is 18.2 Å². The van der Waals surface area contributed by atoms with Crippen molar-refractivity contribution in [2.45, 2.75) is 26.4 Å². The minimum Gasteiger partial charge on any atom is -0.504 e. The summed E-state index contributed by atoms with van der Waals surface area (Å²) in [6, 6.07) is 5.75. The standard InChI is InChI=1S/C18H24N2O3/c1-4-18-10-19-8-17(2,16(18)22)9-20(11-18)15(19)12-6-5-7-13(23-3)14(12)21/h5-7,15,21H,4,8-11H2,1-3H3/p+2. The average molecular weight is 318 g/mol. The number of hydrogen-bond acceptors (Lipinski definition) is 3. The molecule has 5 heteroatoms. The number of nitrogens with one attached hydrogen (secondary N) is 2. The molecule has 4 fully saturated rings. The van der Waals surface area contributed by atoms with Crippen molar-refractivity contribution in [3.05, 3.63) is 23.8 Å². The fraction of sp³-hybridized carbons (Fsp3) is 0.611. The van der Waals surface area contributed by atoms with Gasteiger partial charge in [0.1, 0.15) is 42.6 Å². The zero-order valence-corrected chi connectivity index (χ0v) is 14.1. The van der Waals surface area contributed by atoms with Crippen LogP contribution < -0.4 is 14.5 Å². The minimum absolute atomic E-state index is 0.166. The Morgan fingerprint density at radius 1 is 1.26 bits per heavy atom. The van der Waals surface area contributed by atoms with E-state index in [4.69, 9.17) is 4.74 Å². The molecule has 0 radical (unpaired) electrons. The molecule has 4 bridgehead atoms. The van der Waals surface area contributed by atoms with Gasteiger partial charge >= 0.3 is 0 Å². The van der Waals surface area contributed by atoms with E-state index in [1.807, 2.05) is 12.1 Å². The van der Waals surface area contributed by atoms with Crippen LogP contribution in [-0.4, -0.2) is 44.2 Å². The zero-order valence-electron chi connectivity index (χ0n) is 14.1. The Labute approximate surface area is 136 Å². The molecule has 4 aliphatic rings. The van der Waals surface area contributed by atoms with Gasteiger partial charge in [-0.25, -0.2) is 0 Å². The van der Waals surface area contributed by atoms with E-state index in [2.05, 4.69) is 13.8 Å². The largest absolute Gasteiger partial charge is 0.504 e. The summed E-state index contributed by atoms with van der Waals surface area (Å²) in [6.07, 6.45) is 1.12. The number of carbonyl (C=O) groups is 1. The van der Waals surface area contributed by atoms with Gasteiger partial charge in [-0.1, -0.05) is 13.0 Å². The third-order valence-electron chi connectivity index (χ3n) is 6.45. The number of ether oxygens (including phenoxy) is 1. The van der Waals surface area contributed by atoms with E-state index in [-0.39, 0.29) is 22.7 Å². The van der Waals surface area contributed by atoms with Gasteiger partial charge in [0.2, 0.25) is 6.17 Å². The number of carbonyl (C=O) groups excluding carboxylic acids is 1. The van der Waals surface area contributed by atoms with Gasteiger partial charge in [-0.15, -0.1) is 0 Å². The Morgan fingerprint density at radius 2 is 1.91 bits per heavy atom. The third kappa shape index (κ3) is 1.83. The summed E-state index contributed by atoms with van der Waals surface area (Å²) in [7, 11) is 1.59. The minimum atomic E-state index is -0.206. The summed E-state index contributed by atoms with van der Waals surface area (Å²) in [4.78, 5) is 15.8. The first-order chi connectivity index (χ1) is 10.9. The smallest absolute Gasteiger partial charge is 0.244 e. The molecule has 4 heterocycles. The topological polar surface area (TPSA) is 55.4 Å². The molecule has 0 spiro atoms. The number of phenols is 1. The highest BCUT2D eigenvalue weighted by molar-refractivity contribution is 5.91. The van der Waals surface area contributed by atoms with Gasteiger partial charge < -0.3 is 9.84 Å². The summed E-state index contributed by atoms with van der Waals surface area (Å²) < 4.78 is 5.28. The Morgan fingerprint density at radius 3 is 2.48 bits per heavy atom. The van der Waals surface area contributed by atoms with Crippen LogP contribution in [0.1, 0.15) is 32.0 Å². The van der Waals surface area contributed by atoms with Crippen molar-refractivity contribution in [1.29, 1.82) is 0 Å². The maximum atomic E-state index is 13.0. The Balaban J connectivity index is 1.77. The maximum Gasteiger partial charge on any atom is 0.244 e. The summed E-state index contributed by atoms with van der Waals surface area (Å²) >= 11 is 0. The number of quaternary nitrogens is 2. The number of hydrogen-bond donors (Lipinski definition) is 3. The summed E-state index contributed by atoms with van der Waals surface area (Å²) in [6.45, 7) is 7.82. The predicted octanol–water partition coefficient (Wildman–Crippen LogP) is -0.818. The second-order valence-corrected chi connectivity index (χ2v) is 7.88. The van der Waals surface area contributed by atoms with Crippen LogP contribution in [0, 0.1) is 10.8 Å². The van der Waals surface area contributed by atoms with Gasteiger partial charge in [-0.3, -0.25) is 14.6 Å². The van der Waals surface area contributed by atoms with Gasteiger partial charge in [0, 0.05) is 0 Å². The van der Waals surface area contributed by atoms with Crippen LogP contribution in [0.4, 0.5) is 0 Å². The molecule has 1 aromatic rings. The number of ketones is 1. The fourth-order valence-corrected chi connectivity index (χ4v) is 5.57.